The molecule has 0 radical (unpaired) electrons. The van der Waals surface area contributed by atoms with E-state index >= 15 is 0 Å². The molecule has 2 rings (SSSR count). The van der Waals surface area contributed by atoms with Crippen LogP contribution in [0, 0.1) is 3.57 Å². The normalized spacial score (nSPS) is 11.1. The highest BCUT2D eigenvalue weighted by molar-refractivity contribution is 14.1. The van der Waals surface area contributed by atoms with Crippen LogP contribution in [0.5, 0.6) is 5.75 Å². The first-order chi connectivity index (χ1) is 10.3. The monoisotopic (exact) mass is 421 g/mol. The maximum absolute atomic E-state index is 12.6. The number of halogens is 4. The number of hydrogen-bond acceptors (Lipinski definition) is 2. The average molecular weight is 421 g/mol. The van der Waals surface area contributed by atoms with Crippen LogP contribution in [0.15, 0.2) is 48.5 Å². The van der Waals surface area contributed by atoms with Gasteiger partial charge in [0, 0.05) is 9.26 Å². The molecule has 0 saturated carbocycles. The summed E-state index contributed by atoms with van der Waals surface area (Å²) in [5.41, 5.74) is -0.221. The molecule has 2 aromatic rings. The molecule has 0 aliphatic carbocycles. The number of hydrogen-bond donors (Lipinski definition) is 1. The van der Waals surface area contributed by atoms with E-state index in [0.717, 1.165) is 15.7 Å². The van der Waals surface area contributed by atoms with Crippen LogP contribution in [0.25, 0.3) is 0 Å². The first-order valence-electron chi connectivity index (χ1n) is 6.20. The van der Waals surface area contributed by atoms with Gasteiger partial charge in [-0.1, -0.05) is 6.07 Å². The van der Waals surface area contributed by atoms with Gasteiger partial charge in [-0.15, -0.1) is 0 Å². The van der Waals surface area contributed by atoms with Gasteiger partial charge in [-0.2, -0.15) is 13.2 Å². The van der Waals surface area contributed by atoms with Crippen molar-refractivity contribution in [3.8, 4) is 5.75 Å². The SMILES string of the molecule is O=C(COc1cccc(C(F)(F)F)c1)Nc1ccc(I)cc1. The molecule has 0 aliphatic heterocycles. The lowest BCUT2D eigenvalue weighted by molar-refractivity contribution is -0.137. The number of nitrogens with one attached hydrogen (secondary N) is 1. The predicted octanol–water partition coefficient (Wildman–Crippen LogP) is 4.33. The molecular weight excluding hydrogens is 410 g/mol. The molecule has 0 saturated heterocycles. The second kappa shape index (κ2) is 6.99. The quantitative estimate of drug-likeness (QED) is 0.747. The summed E-state index contributed by atoms with van der Waals surface area (Å²) in [7, 11) is 0. The molecular formula is C15H11F3INO2. The summed E-state index contributed by atoms with van der Waals surface area (Å²) in [6.45, 7) is -0.368. The zero-order valence-corrected chi connectivity index (χ0v) is 13.3. The fourth-order valence-corrected chi connectivity index (χ4v) is 2.00. The summed E-state index contributed by atoms with van der Waals surface area (Å²) in [6.07, 6.45) is -4.44. The van der Waals surface area contributed by atoms with E-state index < -0.39 is 17.6 Å². The second-order valence-electron chi connectivity index (χ2n) is 4.37. The minimum absolute atomic E-state index is 0.00687. The van der Waals surface area contributed by atoms with Crippen LogP contribution in [0.1, 0.15) is 5.56 Å². The molecule has 3 nitrogen and oxygen atoms in total. The Balaban J connectivity index is 1.92. The maximum atomic E-state index is 12.6. The first-order valence-corrected chi connectivity index (χ1v) is 7.28. The Kier molecular flexibility index (Phi) is 5.28. The van der Waals surface area contributed by atoms with Gasteiger partial charge in [0.05, 0.1) is 5.56 Å². The third-order valence-electron chi connectivity index (χ3n) is 2.66. The summed E-state index contributed by atoms with van der Waals surface area (Å²) in [4.78, 5) is 11.7. The van der Waals surface area contributed by atoms with Crippen LogP contribution < -0.4 is 10.1 Å². The lowest BCUT2D eigenvalue weighted by atomic mass is 10.2. The number of ether oxygens (including phenoxy) is 1. The van der Waals surface area contributed by atoms with E-state index in [9.17, 15) is 18.0 Å². The highest BCUT2D eigenvalue weighted by Gasteiger charge is 2.30. The fraction of sp³-hybridized carbons (Fsp3) is 0.133. The standard InChI is InChI=1S/C15H11F3INO2/c16-15(17,18)10-2-1-3-13(8-10)22-9-14(21)20-12-6-4-11(19)5-7-12/h1-8H,9H2,(H,20,21). The third-order valence-corrected chi connectivity index (χ3v) is 3.38. The number of anilines is 1. The molecule has 0 atom stereocenters. The van der Waals surface area contributed by atoms with E-state index in [2.05, 4.69) is 27.9 Å². The Morgan fingerprint density at radius 2 is 1.82 bits per heavy atom. The highest BCUT2D eigenvalue weighted by atomic mass is 127. The van der Waals surface area contributed by atoms with Gasteiger partial charge in [-0.05, 0) is 65.1 Å². The van der Waals surface area contributed by atoms with E-state index in [1.165, 1.54) is 12.1 Å². The van der Waals surface area contributed by atoms with E-state index in [1.807, 2.05) is 12.1 Å². The van der Waals surface area contributed by atoms with Crippen LogP contribution in [0.3, 0.4) is 0 Å². The molecule has 7 heteroatoms. The minimum atomic E-state index is -4.44. The van der Waals surface area contributed by atoms with Crippen LogP contribution in [0.4, 0.5) is 18.9 Å². The van der Waals surface area contributed by atoms with Gasteiger partial charge >= 0.3 is 6.18 Å². The van der Waals surface area contributed by atoms with Crippen molar-refractivity contribution in [2.24, 2.45) is 0 Å². The Morgan fingerprint density at radius 3 is 2.45 bits per heavy atom. The molecule has 22 heavy (non-hydrogen) atoms. The summed E-state index contributed by atoms with van der Waals surface area (Å²) < 4.78 is 43.8. The van der Waals surface area contributed by atoms with E-state index in [1.54, 1.807) is 12.1 Å². The van der Waals surface area contributed by atoms with Gasteiger partial charge in [0.25, 0.3) is 5.91 Å². The number of benzene rings is 2. The minimum Gasteiger partial charge on any atom is -0.484 e. The molecule has 0 aliphatic rings. The lowest BCUT2D eigenvalue weighted by Gasteiger charge is -2.10. The lowest BCUT2D eigenvalue weighted by Crippen LogP contribution is -2.20. The van der Waals surface area contributed by atoms with Crippen molar-refractivity contribution in [3.05, 3.63) is 57.7 Å². The largest absolute Gasteiger partial charge is 0.484 e. The molecule has 1 amide bonds. The molecule has 0 spiro atoms. The molecule has 2 aromatic carbocycles. The molecule has 0 unspecified atom stereocenters. The van der Waals surface area contributed by atoms with Crippen LogP contribution in [-0.2, 0) is 11.0 Å². The van der Waals surface area contributed by atoms with Gasteiger partial charge in [0.2, 0.25) is 0 Å². The molecule has 116 valence electrons. The van der Waals surface area contributed by atoms with E-state index in [-0.39, 0.29) is 12.4 Å². The van der Waals surface area contributed by atoms with Crippen LogP contribution in [-0.4, -0.2) is 12.5 Å². The van der Waals surface area contributed by atoms with Crippen LogP contribution in [0.2, 0.25) is 0 Å². The Hall–Kier alpha value is -1.77. The van der Waals surface area contributed by atoms with Crippen molar-refractivity contribution < 1.29 is 22.7 Å². The summed E-state index contributed by atoms with van der Waals surface area (Å²) >= 11 is 2.13. The van der Waals surface area contributed by atoms with Gasteiger partial charge in [0.15, 0.2) is 6.61 Å². The predicted molar refractivity (Wildman–Crippen MR) is 84.7 cm³/mol. The molecule has 0 bridgehead atoms. The number of rotatable bonds is 4. The number of amides is 1. The average Bonchev–Trinajstić information content (AvgIpc) is 2.47. The fourth-order valence-electron chi connectivity index (χ4n) is 1.64. The first kappa shape index (κ1) is 16.6. The molecule has 0 heterocycles. The molecule has 0 fully saturated rings. The number of carbonyl (C=O) groups excluding carboxylic acids is 1. The Labute approximate surface area is 138 Å². The highest BCUT2D eigenvalue weighted by Crippen LogP contribution is 2.31. The summed E-state index contributed by atoms with van der Waals surface area (Å²) in [6, 6.07) is 11.5. The zero-order valence-electron chi connectivity index (χ0n) is 11.2. The van der Waals surface area contributed by atoms with Crippen molar-refractivity contribution >= 4 is 34.2 Å². The number of alkyl halides is 3. The number of carbonyl (C=O) groups is 1. The van der Waals surface area contributed by atoms with E-state index in [4.69, 9.17) is 4.74 Å². The zero-order chi connectivity index (χ0) is 16.2. The summed E-state index contributed by atoms with van der Waals surface area (Å²) in [5, 5.41) is 2.59. The topological polar surface area (TPSA) is 38.3 Å². The van der Waals surface area contributed by atoms with Crippen molar-refractivity contribution in [1.29, 1.82) is 0 Å². The van der Waals surface area contributed by atoms with Gasteiger partial charge in [-0.3, -0.25) is 4.79 Å². The van der Waals surface area contributed by atoms with Crippen molar-refractivity contribution in [3.63, 3.8) is 0 Å². The van der Waals surface area contributed by atoms with E-state index in [0.29, 0.717) is 5.69 Å². The third kappa shape index (κ3) is 4.90. The molecule has 0 aromatic heterocycles. The van der Waals surface area contributed by atoms with Crippen molar-refractivity contribution in [2.45, 2.75) is 6.18 Å². The maximum Gasteiger partial charge on any atom is 0.416 e. The van der Waals surface area contributed by atoms with Gasteiger partial charge in [0.1, 0.15) is 5.75 Å². The van der Waals surface area contributed by atoms with Gasteiger partial charge < -0.3 is 10.1 Å². The smallest absolute Gasteiger partial charge is 0.416 e. The van der Waals surface area contributed by atoms with Gasteiger partial charge in [-0.25, -0.2) is 0 Å². The summed E-state index contributed by atoms with van der Waals surface area (Å²) in [5.74, 6) is -0.453. The van der Waals surface area contributed by atoms with Crippen LogP contribution >= 0.6 is 22.6 Å². The van der Waals surface area contributed by atoms with Crippen molar-refractivity contribution in [1.82, 2.24) is 0 Å². The van der Waals surface area contributed by atoms with Crippen molar-refractivity contribution in [2.75, 3.05) is 11.9 Å². The second-order valence-corrected chi connectivity index (χ2v) is 5.61. The Morgan fingerprint density at radius 1 is 1.14 bits per heavy atom. The Bertz CT molecular complexity index is 657. The molecule has 1 N–H and O–H groups in total.